The average Bonchev–Trinajstić information content (AvgIpc) is 2.49. The number of pyridine rings is 1. The van der Waals surface area contributed by atoms with E-state index in [2.05, 4.69) is 20.9 Å². The monoisotopic (exact) mass is 329 g/mol. The first kappa shape index (κ1) is 12.9. The smallest absolute Gasteiger partial charge is 0.196 e. The molecule has 98 valence electrons. The zero-order valence-electron chi connectivity index (χ0n) is 10.3. The molecule has 0 saturated carbocycles. The normalized spacial score (nSPS) is 10.7. The maximum absolute atomic E-state index is 14.1. The third-order valence-corrected chi connectivity index (χ3v) is 3.70. The van der Waals surface area contributed by atoms with E-state index >= 15 is 0 Å². The summed E-state index contributed by atoms with van der Waals surface area (Å²) in [4.78, 5) is 16.7. The van der Waals surface area contributed by atoms with Crippen LogP contribution in [-0.4, -0.2) is 10.8 Å². The average molecular weight is 330 g/mol. The molecule has 0 fully saturated rings. The molecular formula is C16H9BrFNO. The lowest BCUT2D eigenvalue weighted by Gasteiger charge is -2.07. The van der Waals surface area contributed by atoms with Crippen LogP contribution in [0.1, 0.15) is 15.9 Å². The Balaban J connectivity index is 2.21. The van der Waals surface area contributed by atoms with Crippen molar-refractivity contribution in [3.8, 4) is 0 Å². The van der Waals surface area contributed by atoms with Gasteiger partial charge in [0.05, 0.1) is 15.6 Å². The van der Waals surface area contributed by atoms with Gasteiger partial charge in [-0.2, -0.15) is 0 Å². The van der Waals surface area contributed by atoms with E-state index in [1.165, 1.54) is 6.07 Å². The predicted octanol–water partition coefficient (Wildman–Crippen LogP) is 4.37. The van der Waals surface area contributed by atoms with Crippen LogP contribution in [0.4, 0.5) is 4.39 Å². The number of carbonyl (C=O) groups is 1. The molecule has 3 aromatic rings. The molecule has 20 heavy (non-hydrogen) atoms. The highest BCUT2D eigenvalue weighted by atomic mass is 79.9. The number of ketones is 1. The van der Waals surface area contributed by atoms with Crippen LogP contribution in [0, 0.1) is 5.82 Å². The number of fused-ring (bicyclic) bond motifs is 1. The molecule has 0 atom stereocenters. The highest BCUT2D eigenvalue weighted by molar-refractivity contribution is 9.10. The molecule has 2 aromatic carbocycles. The van der Waals surface area contributed by atoms with E-state index in [0.29, 0.717) is 11.1 Å². The molecule has 0 saturated heterocycles. The molecule has 0 aliphatic heterocycles. The van der Waals surface area contributed by atoms with E-state index in [-0.39, 0.29) is 15.8 Å². The highest BCUT2D eigenvalue weighted by Gasteiger charge is 2.17. The minimum atomic E-state index is -0.543. The Hall–Kier alpha value is -2.07. The molecule has 0 bridgehead atoms. The summed E-state index contributed by atoms with van der Waals surface area (Å²) >= 11 is 3.10. The van der Waals surface area contributed by atoms with E-state index in [4.69, 9.17) is 0 Å². The van der Waals surface area contributed by atoms with Gasteiger partial charge in [-0.3, -0.25) is 9.78 Å². The maximum atomic E-state index is 14.1. The van der Waals surface area contributed by atoms with Gasteiger partial charge in [0.2, 0.25) is 0 Å². The van der Waals surface area contributed by atoms with Crippen molar-refractivity contribution in [1.82, 2.24) is 4.98 Å². The number of para-hydroxylation sites is 1. The van der Waals surface area contributed by atoms with Crippen LogP contribution in [-0.2, 0) is 0 Å². The molecule has 0 spiro atoms. The standard InChI is InChI=1S/C16H9BrFNO/c17-13-6-3-5-12(15(13)18)16(20)11-8-9-19-14-7-2-1-4-10(11)14/h1-9H. The molecule has 0 N–H and O–H groups in total. The van der Waals surface area contributed by atoms with Gasteiger partial charge in [-0.25, -0.2) is 4.39 Å². The molecule has 0 amide bonds. The van der Waals surface area contributed by atoms with Gasteiger partial charge in [0.25, 0.3) is 0 Å². The van der Waals surface area contributed by atoms with Crippen molar-refractivity contribution in [1.29, 1.82) is 0 Å². The second-order valence-corrected chi connectivity index (χ2v) is 5.16. The van der Waals surface area contributed by atoms with Crippen LogP contribution in [0.3, 0.4) is 0 Å². The first-order valence-electron chi connectivity index (χ1n) is 6.01. The zero-order chi connectivity index (χ0) is 14.1. The van der Waals surface area contributed by atoms with Crippen LogP contribution < -0.4 is 0 Å². The Morgan fingerprint density at radius 1 is 1.00 bits per heavy atom. The summed E-state index contributed by atoms with van der Waals surface area (Å²) in [5.74, 6) is -0.888. The van der Waals surface area contributed by atoms with E-state index in [9.17, 15) is 9.18 Å². The Kier molecular flexibility index (Phi) is 3.32. The molecule has 0 aliphatic rings. The van der Waals surface area contributed by atoms with Gasteiger partial charge < -0.3 is 0 Å². The molecule has 0 aliphatic carbocycles. The number of nitrogens with zero attached hydrogens (tertiary/aromatic N) is 1. The minimum absolute atomic E-state index is 0.0516. The van der Waals surface area contributed by atoms with Gasteiger partial charge in [0, 0.05) is 17.1 Å². The molecule has 4 heteroatoms. The number of hydrogen-bond donors (Lipinski definition) is 0. The van der Waals surface area contributed by atoms with Crippen LogP contribution in [0.5, 0.6) is 0 Å². The van der Waals surface area contributed by atoms with E-state index in [0.717, 1.165) is 5.39 Å². The Labute approximate surface area is 123 Å². The van der Waals surface area contributed by atoms with Crippen molar-refractivity contribution in [3.63, 3.8) is 0 Å². The number of benzene rings is 2. The summed E-state index contributed by atoms with van der Waals surface area (Å²) in [5, 5.41) is 0.722. The SMILES string of the molecule is O=C(c1cccc(Br)c1F)c1ccnc2ccccc12. The van der Waals surface area contributed by atoms with Gasteiger partial charge in [-0.05, 0) is 40.2 Å². The molecule has 1 aromatic heterocycles. The first-order valence-corrected chi connectivity index (χ1v) is 6.80. The summed E-state index contributed by atoms with van der Waals surface area (Å²) in [7, 11) is 0. The zero-order valence-corrected chi connectivity index (χ0v) is 11.9. The third-order valence-electron chi connectivity index (χ3n) is 3.09. The molecule has 0 radical (unpaired) electrons. The lowest BCUT2D eigenvalue weighted by Crippen LogP contribution is -2.05. The fourth-order valence-corrected chi connectivity index (χ4v) is 2.48. The Morgan fingerprint density at radius 3 is 2.65 bits per heavy atom. The topological polar surface area (TPSA) is 30.0 Å². The van der Waals surface area contributed by atoms with Gasteiger partial charge in [0.1, 0.15) is 5.82 Å². The second kappa shape index (κ2) is 5.13. The van der Waals surface area contributed by atoms with Crippen LogP contribution in [0.15, 0.2) is 59.2 Å². The van der Waals surface area contributed by atoms with Crippen molar-refractivity contribution in [2.45, 2.75) is 0 Å². The fourth-order valence-electron chi connectivity index (χ4n) is 2.12. The van der Waals surface area contributed by atoms with E-state index < -0.39 is 5.82 Å². The quantitative estimate of drug-likeness (QED) is 0.653. The number of hydrogen-bond acceptors (Lipinski definition) is 2. The van der Waals surface area contributed by atoms with Crippen molar-refractivity contribution < 1.29 is 9.18 Å². The maximum Gasteiger partial charge on any atom is 0.196 e. The van der Waals surface area contributed by atoms with Gasteiger partial charge in [0.15, 0.2) is 5.78 Å². The van der Waals surface area contributed by atoms with Crippen molar-refractivity contribution >= 4 is 32.6 Å². The summed E-state index contributed by atoms with van der Waals surface area (Å²) in [6.45, 7) is 0. The third kappa shape index (κ3) is 2.12. The van der Waals surface area contributed by atoms with Gasteiger partial charge in [-0.15, -0.1) is 0 Å². The number of aromatic nitrogens is 1. The molecule has 3 rings (SSSR count). The lowest BCUT2D eigenvalue weighted by atomic mass is 9.99. The molecule has 2 nitrogen and oxygen atoms in total. The first-order chi connectivity index (χ1) is 9.68. The number of rotatable bonds is 2. The lowest BCUT2D eigenvalue weighted by molar-refractivity contribution is 0.103. The molecular weight excluding hydrogens is 321 g/mol. The van der Waals surface area contributed by atoms with Crippen molar-refractivity contribution in [3.05, 3.63) is 76.1 Å². The summed E-state index contributed by atoms with van der Waals surface area (Å²) in [5.41, 5.74) is 1.22. The second-order valence-electron chi connectivity index (χ2n) is 4.31. The van der Waals surface area contributed by atoms with E-state index in [1.807, 2.05) is 24.3 Å². The van der Waals surface area contributed by atoms with E-state index in [1.54, 1.807) is 24.4 Å². The summed E-state index contributed by atoms with van der Waals surface area (Å²) in [6.07, 6.45) is 1.56. The Bertz CT molecular complexity index is 811. The Morgan fingerprint density at radius 2 is 1.80 bits per heavy atom. The largest absolute Gasteiger partial charge is 0.288 e. The molecule has 0 unspecified atom stereocenters. The number of carbonyl (C=O) groups excluding carboxylic acids is 1. The summed E-state index contributed by atoms with van der Waals surface area (Å²) < 4.78 is 14.3. The fraction of sp³-hybridized carbons (Fsp3) is 0. The van der Waals surface area contributed by atoms with Crippen LogP contribution in [0.25, 0.3) is 10.9 Å². The highest BCUT2D eigenvalue weighted by Crippen LogP contribution is 2.24. The van der Waals surface area contributed by atoms with Gasteiger partial charge in [-0.1, -0.05) is 24.3 Å². The van der Waals surface area contributed by atoms with Crippen molar-refractivity contribution in [2.24, 2.45) is 0 Å². The minimum Gasteiger partial charge on any atom is -0.288 e. The van der Waals surface area contributed by atoms with Gasteiger partial charge >= 0.3 is 0 Å². The summed E-state index contributed by atoms with van der Waals surface area (Å²) in [6, 6.07) is 13.6. The predicted molar refractivity (Wildman–Crippen MR) is 79.3 cm³/mol. The number of halogens is 2. The van der Waals surface area contributed by atoms with Crippen LogP contribution >= 0.6 is 15.9 Å². The molecule has 1 heterocycles. The van der Waals surface area contributed by atoms with Crippen molar-refractivity contribution in [2.75, 3.05) is 0 Å². The van der Waals surface area contributed by atoms with Crippen LogP contribution in [0.2, 0.25) is 0 Å².